The van der Waals surface area contributed by atoms with Crippen LogP contribution in [0.5, 0.6) is 0 Å². The molecule has 5 aromatic rings. The standard InChI is InChI=1S/C25H18N2O3S/c1-14-6-11-19-22(12-14)31-25(27-19)16-7-9-17(10-8-16)26-24(29)21-13-20(28)18-5-3-4-15(2)23(18)30-21/h3-13H,1-2H3,(H,26,29). The molecule has 0 bridgehead atoms. The van der Waals surface area contributed by atoms with Crippen molar-refractivity contribution in [2.45, 2.75) is 13.8 Å². The number of fused-ring (bicyclic) bond motifs is 2. The van der Waals surface area contributed by atoms with E-state index in [1.807, 2.05) is 43.3 Å². The van der Waals surface area contributed by atoms with Gasteiger partial charge in [0.1, 0.15) is 10.6 Å². The summed E-state index contributed by atoms with van der Waals surface area (Å²) in [6, 6.07) is 20.2. The third kappa shape index (κ3) is 3.62. The predicted molar refractivity (Wildman–Crippen MR) is 125 cm³/mol. The van der Waals surface area contributed by atoms with Gasteiger partial charge in [0.25, 0.3) is 5.91 Å². The Morgan fingerprint density at radius 2 is 1.81 bits per heavy atom. The molecule has 0 aliphatic heterocycles. The summed E-state index contributed by atoms with van der Waals surface area (Å²) in [6.45, 7) is 3.91. The molecule has 1 N–H and O–H groups in total. The molecule has 0 saturated heterocycles. The summed E-state index contributed by atoms with van der Waals surface area (Å²) in [6.07, 6.45) is 0. The van der Waals surface area contributed by atoms with Gasteiger partial charge in [-0.05, 0) is 67.4 Å². The van der Waals surface area contributed by atoms with Crippen LogP contribution in [0.25, 0.3) is 31.8 Å². The Morgan fingerprint density at radius 3 is 2.61 bits per heavy atom. The topological polar surface area (TPSA) is 72.2 Å². The van der Waals surface area contributed by atoms with Gasteiger partial charge in [0.2, 0.25) is 0 Å². The van der Waals surface area contributed by atoms with Crippen LogP contribution in [0.2, 0.25) is 0 Å². The van der Waals surface area contributed by atoms with Gasteiger partial charge in [-0.25, -0.2) is 4.98 Å². The van der Waals surface area contributed by atoms with Crippen LogP contribution in [0.15, 0.2) is 75.9 Å². The summed E-state index contributed by atoms with van der Waals surface area (Å²) in [4.78, 5) is 29.7. The number of nitrogens with one attached hydrogen (secondary N) is 1. The van der Waals surface area contributed by atoms with E-state index in [2.05, 4.69) is 24.4 Å². The molecule has 2 aromatic heterocycles. The fourth-order valence-corrected chi connectivity index (χ4v) is 4.54. The molecule has 0 spiro atoms. The van der Waals surface area contributed by atoms with Crippen molar-refractivity contribution in [2.24, 2.45) is 0 Å². The summed E-state index contributed by atoms with van der Waals surface area (Å²) in [5.41, 5.74) is 4.77. The summed E-state index contributed by atoms with van der Waals surface area (Å²) in [7, 11) is 0. The van der Waals surface area contributed by atoms with Gasteiger partial charge in [0, 0.05) is 17.3 Å². The zero-order valence-electron chi connectivity index (χ0n) is 16.9. The minimum Gasteiger partial charge on any atom is -0.450 e. The fourth-order valence-electron chi connectivity index (χ4n) is 3.47. The van der Waals surface area contributed by atoms with E-state index in [-0.39, 0.29) is 11.2 Å². The molecular weight excluding hydrogens is 408 g/mol. The molecule has 0 fully saturated rings. The van der Waals surface area contributed by atoms with Gasteiger partial charge in [-0.2, -0.15) is 0 Å². The second-order valence-corrected chi connectivity index (χ2v) is 8.48. The number of aromatic nitrogens is 1. The average molecular weight is 426 g/mol. The average Bonchev–Trinajstić information content (AvgIpc) is 3.18. The minimum absolute atomic E-state index is 0.0163. The number of carbonyl (C=O) groups excluding carboxylic acids is 1. The molecule has 0 aliphatic rings. The number of hydrogen-bond acceptors (Lipinski definition) is 5. The maximum absolute atomic E-state index is 12.7. The first-order chi connectivity index (χ1) is 15.0. The number of nitrogens with zero attached hydrogens (tertiary/aromatic N) is 1. The quantitative estimate of drug-likeness (QED) is 0.388. The van der Waals surface area contributed by atoms with Gasteiger partial charge in [0.15, 0.2) is 11.2 Å². The highest BCUT2D eigenvalue weighted by atomic mass is 32.1. The van der Waals surface area contributed by atoms with Gasteiger partial charge >= 0.3 is 0 Å². The van der Waals surface area contributed by atoms with Crippen molar-refractivity contribution in [1.82, 2.24) is 4.98 Å². The van der Waals surface area contributed by atoms with Crippen LogP contribution in [0.3, 0.4) is 0 Å². The van der Waals surface area contributed by atoms with Crippen LogP contribution in [0, 0.1) is 13.8 Å². The van der Waals surface area contributed by atoms with Crippen molar-refractivity contribution in [2.75, 3.05) is 5.32 Å². The zero-order valence-corrected chi connectivity index (χ0v) is 17.7. The van der Waals surface area contributed by atoms with Crippen LogP contribution in [0.4, 0.5) is 5.69 Å². The Labute approximate surface area is 182 Å². The first-order valence-electron chi connectivity index (χ1n) is 9.80. The molecule has 0 unspecified atom stereocenters. The van der Waals surface area contributed by atoms with E-state index >= 15 is 0 Å². The van der Waals surface area contributed by atoms with Crippen molar-refractivity contribution >= 4 is 44.1 Å². The summed E-state index contributed by atoms with van der Waals surface area (Å²) in [5, 5.41) is 4.18. The SMILES string of the molecule is Cc1ccc2nc(-c3ccc(NC(=O)c4cc(=O)c5cccc(C)c5o4)cc3)sc2c1. The van der Waals surface area contributed by atoms with Crippen molar-refractivity contribution in [3.8, 4) is 10.6 Å². The highest BCUT2D eigenvalue weighted by molar-refractivity contribution is 7.21. The number of aryl methyl sites for hydroxylation is 2. The maximum Gasteiger partial charge on any atom is 0.291 e. The van der Waals surface area contributed by atoms with Crippen molar-refractivity contribution < 1.29 is 9.21 Å². The number of thiazole rings is 1. The van der Waals surface area contributed by atoms with E-state index in [4.69, 9.17) is 9.40 Å². The molecule has 0 saturated carbocycles. The van der Waals surface area contributed by atoms with E-state index in [1.165, 1.54) is 11.6 Å². The van der Waals surface area contributed by atoms with E-state index < -0.39 is 5.91 Å². The Bertz CT molecular complexity index is 1510. The molecule has 31 heavy (non-hydrogen) atoms. The lowest BCUT2D eigenvalue weighted by atomic mass is 10.1. The number of anilines is 1. The van der Waals surface area contributed by atoms with Crippen LogP contribution < -0.4 is 10.7 Å². The van der Waals surface area contributed by atoms with E-state index in [0.29, 0.717) is 16.7 Å². The highest BCUT2D eigenvalue weighted by Crippen LogP contribution is 2.31. The van der Waals surface area contributed by atoms with Gasteiger partial charge in [-0.1, -0.05) is 18.2 Å². The number of amides is 1. The first-order valence-corrected chi connectivity index (χ1v) is 10.6. The molecule has 6 heteroatoms. The van der Waals surface area contributed by atoms with Crippen LogP contribution >= 0.6 is 11.3 Å². The lowest BCUT2D eigenvalue weighted by Gasteiger charge is -2.07. The first kappa shape index (κ1) is 19.2. The third-order valence-corrected chi connectivity index (χ3v) is 6.18. The molecule has 0 atom stereocenters. The van der Waals surface area contributed by atoms with E-state index in [1.54, 1.807) is 23.5 Å². The molecule has 0 aliphatic carbocycles. The molecule has 5 nitrogen and oxygen atoms in total. The van der Waals surface area contributed by atoms with Crippen molar-refractivity contribution in [1.29, 1.82) is 0 Å². The van der Waals surface area contributed by atoms with E-state index in [9.17, 15) is 9.59 Å². The van der Waals surface area contributed by atoms with Gasteiger partial charge in [0.05, 0.1) is 15.6 Å². The smallest absolute Gasteiger partial charge is 0.291 e. The molecule has 1 amide bonds. The van der Waals surface area contributed by atoms with Crippen molar-refractivity contribution in [3.63, 3.8) is 0 Å². The molecule has 3 aromatic carbocycles. The second-order valence-electron chi connectivity index (χ2n) is 7.45. The summed E-state index contributed by atoms with van der Waals surface area (Å²) < 4.78 is 6.87. The Morgan fingerprint density at radius 1 is 1.00 bits per heavy atom. The number of para-hydroxylation sites is 1. The van der Waals surface area contributed by atoms with Gasteiger partial charge in [-0.3, -0.25) is 9.59 Å². The third-order valence-electron chi connectivity index (χ3n) is 5.11. The molecule has 5 rings (SSSR count). The Kier molecular flexibility index (Phi) is 4.64. The minimum atomic E-state index is -0.467. The lowest BCUT2D eigenvalue weighted by Crippen LogP contribution is -2.15. The van der Waals surface area contributed by atoms with Crippen LogP contribution in [-0.2, 0) is 0 Å². The monoisotopic (exact) mass is 426 g/mol. The second kappa shape index (κ2) is 7.49. The molecule has 0 radical (unpaired) electrons. The zero-order chi connectivity index (χ0) is 21.5. The Hall–Kier alpha value is -3.77. The highest BCUT2D eigenvalue weighted by Gasteiger charge is 2.14. The van der Waals surface area contributed by atoms with Gasteiger partial charge < -0.3 is 9.73 Å². The maximum atomic E-state index is 12.7. The number of carbonyl (C=O) groups is 1. The summed E-state index contributed by atoms with van der Waals surface area (Å²) >= 11 is 1.64. The molecule has 152 valence electrons. The largest absolute Gasteiger partial charge is 0.450 e. The van der Waals surface area contributed by atoms with Crippen LogP contribution in [-0.4, -0.2) is 10.9 Å². The molecular formula is C25H18N2O3S. The summed E-state index contributed by atoms with van der Waals surface area (Å²) in [5.74, 6) is -0.483. The lowest BCUT2D eigenvalue weighted by molar-refractivity contribution is 0.0997. The fraction of sp³-hybridized carbons (Fsp3) is 0.0800. The number of hydrogen-bond donors (Lipinski definition) is 1. The van der Waals surface area contributed by atoms with E-state index in [0.717, 1.165) is 26.4 Å². The molecule has 2 heterocycles. The normalized spacial score (nSPS) is 11.2. The van der Waals surface area contributed by atoms with Gasteiger partial charge in [-0.15, -0.1) is 11.3 Å². The number of rotatable bonds is 3. The Balaban J connectivity index is 1.40. The predicted octanol–water partition coefficient (Wildman–Crippen LogP) is 5.94. The van der Waals surface area contributed by atoms with Crippen LogP contribution in [0.1, 0.15) is 21.7 Å². The number of benzene rings is 3. The van der Waals surface area contributed by atoms with Crippen molar-refractivity contribution in [3.05, 3.63) is 93.8 Å².